The van der Waals surface area contributed by atoms with Crippen LogP contribution in [0.5, 0.6) is 0 Å². The number of aromatic nitrogens is 1. The molecule has 0 aliphatic carbocycles. The van der Waals surface area contributed by atoms with Crippen LogP contribution >= 0.6 is 35.5 Å². The van der Waals surface area contributed by atoms with E-state index < -0.39 is 9.84 Å². The number of fused-ring (bicyclic) bond motifs is 1. The molecule has 3 aromatic rings. The lowest BCUT2D eigenvalue weighted by Crippen LogP contribution is -2.37. The van der Waals surface area contributed by atoms with Gasteiger partial charge >= 0.3 is 0 Å². The van der Waals surface area contributed by atoms with E-state index in [9.17, 15) is 13.2 Å². The number of amides is 1. The van der Waals surface area contributed by atoms with Crippen molar-refractivity contribution in [2.24, 2.45) is 0 Å². The van der Waals surface area contributed by atoms with Crippen molar-refractivity contribution in [2.75, 3.05) is 44.1 Å². The van der Waals surface area contributed by atoms with Gasteiger partial charge in [0.1, 0.15) is 0 Å². The quantitative estimate of drug-likeness (QED) is 0.396. The maximum atomic E-state index is 13.2. The number of carbonyl (C=O) groups excluding carboxylic acids is 1. The number of likely N-dealkylation sites (N-methyl/N-ethyl adjacent to an activating group) is 1. The Bertz CT molecular complexity index is 1160. The molecular formula is C22H28ClN3O3S3. The standard InChI is InChI=1S/C22H27N3O3S3.ClH/c1-5-29-17-8-6-16(7-9-17)14-21(26)25(13-12-24(2)3)22-23-19-11-10-18(31(4,27)28)15-20(19)30-22;/h6-11,15H,5,12-14H2,1-4H3;1H. The Kier molecular flexibility index (Phi) is 9.53. The lowest BCUT2D eigenvalue weighted by atomic mass is 10.1. The fraction of sp³-hybridized carbons (Fsp3) is 0.364. The van der Waals surface area contributed by atoms with Crippen LogP contribution in [0.15, 0.2) is 52.3 Å². The molecule has 1 aromatic heterocycles. The molecule has 0 saturated heterocycles. The van der Waals surface area contributed by atoms with Crippen LogP contribution in [-0.2, 0) is 21.1 Å². The number of sulfone groups is 1. The van der Waals surface area contributed by atoms with Crippen LogP contribution in [0.3, 0.4) is 0 Å². The molecule has 3 rings (SSSR count). The normalized spacial score (nSPS) is 11.5. The fourth-order valence-electron chi connectivity index (χ4n) is 3.01. The highest BCUT2D eigenvalue weighted by molar-refractivity contribution is 7.99. The first-order valence-corrected chi connectivity index (χ1v) is 13.6. The summed E-state index contributed by atoms with van der Waals surface area (Å²) in [6.45, 7) is 3.32. The smallest absolute Gasteiger partial charge is 0.233 e. The Labute approximate surface area is 204 Å². The van der Waals surface area contributed by atoms with Crippen LogP contribution in [0.1, 0.15) is 12.5 Å². The molecular weight excluding hydrogens is 486 g/mol. The summed E-state index contributed by atoms with van der Waals surface area (Å²) >= 11 is 3.11. The first kappa shape index (κ1) is 26.6. The average Bonchev–Trinajstić information content (AvgIpc) is 3.12. The summed E-state index contributed by atoms with van der Waals surface area (Å²) in [6, 6.07) is 13.0. The van der Waals surface area contributed by atoms with Crippen LogP contribution in [0.4, 0.5) is 5.13 Å². The van der Waals surface area contributed by atoms with E-state index >= 15 is 0 Å². The molecule has 0 unspecified atom stereocenters. The minimum atomic E-state index is -3.30. The molecule has 174 valence electrons. The van der Waals surface area contributed by atoms with E-state index in [0.717, 1.165) is 16.0 Å². The topological polar surface area (TPSA) is 70.6 Å². The molecule has 1 heterocycles. The molecule has 0 aliphatic rings. The van der Waals surface area contributed by atoms with E-state index in [1.54, 1.807) is 34.9 Å². The molecule has 6 nitrogen and oxygen atoms in total. The second kappa shape index (κ2) is 11.5. The molecule has 1 amide bonds. The van der Waals surface area contributed by atoms with Crippen LogP contribution in [0.25, 0.3) is 10.2 Å². The SMILES string of the molecule is CCSc1ccc(CC(=O)N(CCN(C)C)c2nc3ccc(S(C)(=O)=O)cc3s2)cc1.Cl. The summed E-state index contributed by atoms with van der Waals surface area (Å²) in [6.07, 6.45) is 1.47. The van der Waals surface area contributed by atoms with Gasteiger partial charge in [-0.25, -0.2) is 13.4 Å². The number of hydrogen-bond donors (Lipinski definition) is 0. The van der Waals surface area contributed by atoms with Crippen molar-refractivity contribution < 1.29 is 13.2 Å². The van der Waals surface area contributed by atoms with Gasteiger partial charge in [-0.1, -0.05) is 30.4 Å². The molecule has 0 N–H and O–H groups in total. The number of benzene rings is 2. The third kappa shape index (κ3) is 6.92. The lowest BCUT2D eigenvalue weighted by Gasteiger charge is -2.22. The van der Waals surface area contributed by atoms with Gasteiger partial charge < -0.3 is 4.90 Å². The molecule has 0 saturated carbocycles. The zero-order chi connectivity index (χ0) is 22.6. The first-order valence-electron chi connectivity index (χ1n) is 9.95. The minimum absolute atomic E-state index is 0. The minimum Gasteiger partial charge on any atom is -0.308 e. The van der Waals surface area contributed by atoms with Gasteiger partial charge in [0.05, 0.1) is 21.5 Å². The summed E-state index contributed by atoms with van der Waals surface area (Å²) in [4.78, 5) is 23.0. The van der Waals surface area contributed by atoms with E-state index in [1.165, 1.54) is 22.5 Å². The molecule has 0 aliphatic heterocycles. The van der Waals surface area contributed by atoms with E-state index in [0.29, 0.717) is 23.7 Å². The van der Waals surface area contributed by atoms with Crippen LogP contribution in [0, 0.1) is 0 Å². The van der Waals surface area contributed by atoms with Gasteiger partial charge in [0, 0.05) is 24.2 Å². The van der Waals surface area contributed by atoms with Gasteiger partial charge in [0.15, 0.2) is 15.0 Å². The summed E-state index contributed by atoms with van der Waals surface area (Å²) in [5.74, 6) is 0.982. The monoisotopic (exact) mass is 513 g/mol. The van der Waals surface area contributed by atoms with Gasteiger partial charge in [-0.2, -0.15) is 0 Å². The third-order valence-electron chi connectivity index (χ3n) is 4.67. The predicted molar refractivity (Wildman–Crippen MR) is 137 cm³/mol. The van der Waals surface area contributed by atoms with Gasteiger partial charge in [0.25, 0.3) is 0 Å². The molecule has 32 heavy (non-hydrogen) atoms. The molecule has 0 spiro atoms. The summed E-state index contributed by atoms with van der Waals surface area (Å²) in [7, 11) is 0.622. The zero-order valence-electron chi connectivity index (χ0n) is 18.6. The number of anilines is 1. The number of halogens is 1. The zero-order valence-corrected chi connectivity index (χ0v) is 21.8. The number of carbonyl (C=O) groups is 1. The average molecular weight is 514 g/mol. The lowest BCUT2D eigenvalue weighted by molar-refractivity contribution is -0.118. The van der Waals surface area contributed by atoms with E-state index in [1.807, 2.05) is 43.3 Å². The highest BCUT2D eigenvalue weighted by atomic mass is 35.5. The van der Waals surface area contributed by atoms with Gasteiger partial charge in [-0.15, -0.1) is 24.2 Å². The summed E-state index contributed by atoms with van der Waals surface area (Å²) in [5.41, 5.74) is 1.65. The fourth-order valence-corrected chi connectivity index (χ4v) is 5.44. The van der Waals surface area contributed by atoms with E-state index in [-0.39, 0.29) is 29.6 Å². The molecule has 0 atom stereocenters. The number of rotatable bonds is 9. The van der Waals surface area contributed by atoms with E-state index in [2.05, 4.69) is 11.9 Å². The van der Waals surface area contributed by atoms with Crippen molar-refractivity contribution in [3.05, 3.63) is 48.0 Å². The Hall–Kier alpha value is -1.65. The van der Waals surface area contributed by atoms with Crippen molar-refractivity contribution in [1.82, 2.24) is 9.88 Å². The highest BCUT2D eigenvalue weighted by Gasteiger charge is 2.21. The predicted octanol–water partition coefficient (Wildman–Crippen LogP) is 4.37. The number of nitrogens with zero attached hydrogens (tertiary/aromatic N) is 3. The Morgan fingerprint density at radius 1 is 1.09 bits per heavy atom. The van der Waals surface area contributed by atoms with Crippen LogP contribution < -0.4 is 4.90 Å². The Balaban J connectivity index is 0.00000363. The highest BCUT2D eigenvalue weighted by Crippen LogP contribution is 2.31. The van der Waals surface area contributed by atoms with Crippen molar-refractivity contribution in [3.63, 3.8) is 0 Å². The first-order chi connectivity index (χ1) is 14.7. The molecule has 0 bridgehead atoms. The maximum Gasteiger partial charge on any atom is 0.233 e. The van der Waals surface area contributed by atoms with E-state index in [4.69, 9.17) is 0 Å². The van der Waals surface area contributed by atoms with Crippen molar-refractivity contribution >= 4 is 66.6 Å². The van der Waals surface area contributed by atoms with Crippen LogP contribution in [0.2, 0.25) is 0 Å². The Morgan fingerprint density at radius 3 is 2.38 bits per heavy atom. The van der Waals surface area contributed by atoms with Gasteiger partial charge in [0.2, 0.25) is 5.91 Å². The molecule has 0 radical (unpaired) electrons. The number of thioether (sulfide) groups is 1. The largest absolute Gasteiger partial charge is 0.308 e. The molecule has 10 heteroatoms. The second-order valence-corrected chi connectivity index (χ2v) is 11.9. The van der Waals surface area contributed by atoms with Gasteiger partial charge in [-0.05, 0) is 55.7 Å². The molecule has 2 aromatic carbocycles. The van der Waals surface area contributed by atoms with Crippen molar-refractivity contribution in [3.8, 4) is 0 Å². The number of thiazole rings is 1. The van der Waals surface area contributed by atoms with Crippen LogP contribution in [-0.4, -0.2) is 63.4 Å². The third-order valence-corrected chi connectivity index (χ3v) is 7.71. The second-order valence-electron chi connectivity index (χ2n) is 7.50. The molecule has 0 fully saturated rings. The van der Waals surface area contributed by atoms with Crippen molar-refractivity contribution in [1.29, 1.82) is 0 Å². The van der Waals surface area contributed by atoms with Crippen molar-refractivity contribution in [2.45, 2.75) is 23.1 Å². The Morgan fingerprint density at radius 2 is 1.78 bits per heavy atom. The summed E-state index contributed by atoms with van der Waals surface area (Å²) in [5, 5.41) is 0.589. The summed E-state index contributed by atoms with van der Waals surface area (Å²) < 4.78 is 24.5. The number of hydrogen-bond acceptors (Lipinski definition) is 7. The van der Waals surface area contributed by atoms with Gasteiger partial charge in [-0.3, -0.25) is 9.69 Å². The maximum absolute atomic E-state index is 13.2.